The van der Waals surface area contributed by atoms with Gasteiger partial charge >= 0.3 is 0 Å². The van der Waals surface area contributed by atoms with Crippen molar-refractivity contribution in [1.82, 2.24) is 20.1 Å². The Hall–Kier alpha value is -1.14. The third kappa shape index (κ3) is 5.42. The normalized spacial score (nSPS) is 22.6. The van der Waals surface area contributed by atoms with Crippen molar-refractivity contribution in [2.24, 2.45) is 10.9 Å². The highest BCUT2D eigenvalue weighted by Crippen LogP contribution is 2.20. The van der Waals surface area contributed by atoms with Crippen molar-refractivity contribution in [1.29, 1.82) is 0 Å². The smallest absolute Gasteiger partial charge is 0.193 e. The zero-order valence-electron chi connectivity index (χ0n) is 15.8. The Morgan fingerprint density at radius 1 is 1.32 bits per heavy atom. The Morgan fingerprint density at radius 2 is 2.16 bits per heavy atom. The number of hydrogen-bond donors (Lipinski definition) is 1. The zero-order chi connectivity index (χ0) is 17.5. The number of guanidine groups is 1. The van der Waals surface area contributed by atoms with Gasteiger partial charge in [0, 0.05) is 50.7 Å². The van der Waals surface area contributed by atoms with Crippen molar-refractivity contribution in [3.05, 3.63) is 16.1 Å². The molecule has 1 aromatic rings. The van der Waals surface area contributed by atoms with Crippen LogP contribution in [0.1, 0.15) is 42.5 Å². The molecule has 3 rings (SSSR count). The lowest BCUT2D eigenvalue weighted by Crippen LogP contribution is -2.41. The van der Waals surface area contributed by atoms with Gasteiger partial charge in [-0.2, -0.15) is 0 Å². The monoisotopic (exact) mass is 363 g/mol. The molecule has 0 amide bonds. The van der Waals surface area contributed by atoms with Gasteiger partial charge in [-0.15, -0.1) is 11.3 Å². The van der Waals surface area contributed by atoms with E-state index in [1.165, 1.54) is 55.2 Å². The van der Waals surface area contributed by atoms with E-state index in [1.54, 1.807) is 0 Å². The number of hydrogen-bond acceptors (Lipinski definition) is 4. The number of aryl methyl sites for hydroxylation is 1. The fourth-order valence-electron chi connectivity index (χ4n) is 3.92. The van der Waals surface area contributed by atoms with E-state index in [0.29, 0.717) is 0 Å². The molecule has 0 saturated carbocycles. The van der Waals surface area contributed by atoms with Gasteiger partial charge in [0.05, 0.1) is 5.01 Å². The minimum atomic E-state index is 0.794. The molecule has 5 nitrogen and oxygen atoms in total. The Labute approximate surface area is 156 Å². The van der Waals surface area contributed by atoms with E-state index in [9.17, 15) is 0 Å². The van der Waals surface area contributed by atoms with Crippen molar-refractivity contribution < 1.29 is 0 Å². The maximum atomic E-state index is 4.50. The highest BCUT2D eigenvalue weighted by molar-refractivity contribution is 7.11. The van der Waals surface area contributed by atoms with Gasteiger partial charge in [0.2, 0.25) is 0 Å². The van der Waals surface area contributed by atoms with Crippen molar-refractivity contribution in [2.45, 2.75) is 45.4 Å². The highest BCUT2D eigenvalue weighted by Gasteiger charge is 2.26. The molecular formula is C19H33N5S. The topological polar surface area (TPSA) is 43.8 Å². The predicted octanol–water partition coefficient (Wildman–Crippen LogP) is 2.63. The van der Waals surface area contributed by atoms with Crippen LogP contribution in [0.3, 0.4) is 0 Å². The summed E-state index contributed by atoms with van der Waals surface area (Å²) in [6.07, 6.45) is 9.56. The molecule has 25 heavy (non-hydrogen) atoms. The molecule has 2 fully saturated rings. The summed E-state index contributed by atoms with van der Waals surface area (Å²) in [5, 5.41) is 4.77. The van der Waals surface area contributed by atoms with E-state index >= 15 is 0 Å². The number of nitrogens with one attached hydrogen (secondary N) is 1. The summed E-state index contributed by atoms with van der Waals surface area (Å²) < 4.78 is 0. The molecule has 2 aliphatic heterocycles. The predicted molar refractivity (Wildman–Crippen MR) is 107 cm³/mol. The van der Waals surface area contributed by atoms with Crippen LogP contribution in [0, 0.1) is 5.92 Å². The van der Waals surface area contributed by atoms with Crippen molar-refractivity contribution in [2.75, 3.05) is 46.3 Å². The van der Waals surface area contributed by atoms with E-state index in [0.717, 1.165) is 44.4 Å². The summed E-state index contributed by atoms with van der Waals surface area (Å²) in [4.78, 5) is 15.5. The standard InChI is InChI=1S/C19H33N5S/c1-3-17-13-22-18(25-17)7-9-21-19(20-2)24-12-8-16(15-24)14-23-10-5-4-6-11-23/h13,16H,3-12,14-15H2,1-2H3,(H,20,21). The first-order valence-corrected chi connectivity index (χ1v) is 10.7. The molecule has 2 saturated heterocycles. The van der Waals surface area contributed by atoms with Crippen LogP contribution in [-0.2, 0) is 12.8 Å². The molecule has 2 aliphatic rings. The molecular weight excluding hydrogens is 330 g/mol. The summed E-state index contributed by atoms with van der Waals surface area (Å²) in [6.45, 7) is 9.25. The number of likely N-dealkylation sites (tertiary alicyclic amines) is 2. The van der Waals surface area contributed by atoms with Crippen molar-refractivity contribution >= 4 is 17.3 Å². The van der Waals surface area contributed by atoms with Crippen LogP contribution in [0.2, 0.25) is 0 Å². The molecule has 1 aromatic heterocycles. The molecule has 6 heteroatoms. The average Bonchev–Trinajstić information content (AvgIpc) is 3.29. The van der Waals surface area contributed by atoms with Gasteiger partial charge < -0.3 is 15.1 Å². The summed E-state index contributed by atoms with van der Waals surface area (Å²) in [5.41, 5.74) is 0. The van der Waals surface area contributed by atoms with E-state index in [4.69, 9.17) is 0 Å². The average molecular weight is 364 g/mol. The molecule has 0 radical (unpaired) electrons. The van der Waals surface area contributed by atoms with Gasteiger partial charge in [-0.25, -0.2) is 4.98 Å². The van der Waals surface area contributed by atoms with Crippen LogP contribution in [0.15, 0.2) is 11.2 Å². The van der Waals surface area contributed by atoms with Crippen LogP contribution in [-0.4, -0.2) is 67.1 Å². The lowest BCUT2D eigenvalue weighted by molar-refractivity contribution is 0.198. The molecule has 140 valence electrons. The number of aromatic nitrogens is 1. The fraction of sp³-hybridized carbons (Fsp3) is 0.789. The Bertz CT molecular complexity index is 550. The largest absolute Gasteiger partial charge is 0.356 e. The Balaban J connectivity index is 1.40. The number of thiazole rings is 1. The SMILES string of the molecule is CCc1cnc(CCNC(=NC)N2CCC(CN3CCCCC3)C2)s1. The molecule has 1 N–H and O–H groups in total. The van der Waals surface area contributed by atoms with Gasteiger partial charge in [0.25, 0.3) is 0 Å². The lowest BCUT2D eigenvalue weighted by atomic mass is 10.1. The number of aliphatic imine (C=N–C) groups is 1. The second-order valence-electron chi connectivity index (χ2n) is 7.26. The molecule has 0 aliphatic carbocycles. The second-order valence-corrected chi connectivity index (χ2v) is 8.46. The molecule has 1 atom stereocenters. The third-order valence-electron chi connectivity index (χ3n) is 5.33. The number of rotatable bonds is 6. The first-order valence-electron chi connectivity index (χ1n) is 9.90. The third-order valence-corrected chi connectivity index (χ3v) is 6.54. The van der Waals surface area contributed by atoms with E-state index in [1.807, 2.05) is 24.6 Å². The molecule has 0 bridgehead atoms. The van der Waals surface area contributed by atoms with Gasteiger partial charge in [0.1, 0.15) is 0 Å². The second kappa shape index (κ2) is 9.53. The summed E-state index contributed by atoms with van der Waals surface area (Å²) in [6, 6.07) is 0. The van der Waals surface area contributed by atoms with Crippen LogP contribution < -0.4 is 5.32 Å². The minimum absolute atomic E-state index is 0.794. The van der Waals surface area contributed by atoms with Gasteiger partial charge in [-0.1, -0.05) is 13.3 Å². The summed E-state index contributed by atoms with van der Waals surface area (Å²) >= 11 is 1.83. The van der Waals surface area contributed by atoms with E-state index in [2.05, 4.69) is 32.0 Å². The molecule has 0 spiro atoms. The number of nitrogens with zero attached hydrogens (tertiary/aromatic N) is 4. The fourth-order valence-corrected chi connectivity index (χ4v) is 4.78. The minimum Gasteiger partial charge on any atom is -0.356 e. The lowest BCUT2D eigenvalue weighted by Gasteiger charge is -2.29. The van der Waals surface area contributed by atoms with Crippen molar-refractivity contribution in [3.63, 3.8) is 0 Å². The van der Waals surface area contributed by atoms with Crippen LogP contribution >= 0.6 is 11.3 Å². The van der Waals surface area contributed by atoms with Gasteiger partial charge in [-0.3, -0.25) is 4.99 Å². The zero-order valence-corrected chi connectivity index (χ0v) is 16.7. The maximum absolute atomic E-state index is 4.50. The highest BCUT2D eigenvalue weighted by atomic mass is 32.1. The van der Waals surface area contributed by atoms with E-state index in [-0.39, 0.29) is 0 Å². The molecule has 1 unspecified atom stereocenters. The number of piperidine rings is 1. The van der Waals surface area contributed by atoms with Crippen LogP contribution in [0.4, 0.5) is 0 Å². The molecule has 3 heterocycles. The molecule has 0 aromatic carbocycles. The Kier molecular flexibility index (Phi) is 7.11. The first-order chi connectivity index (χ1) is 12.3. The van der Waals surface area contributed by atoms with Crippen molar-refractivity contribution in [3.8, 4) is 0 Å². The first kappa shape index (κ1) is 18.6. The van der Waals surface area contributed by atoms with Gasteiger partial charge in [-0.05, 0) is 44.7 Å². The summed E-state index contributed by atoms with van der Waals surface area (Å²) in [7, 11) is 1.90. The quantitative estimate of drug-likeness (QED) is 0.623. The maximum Gasteiger partial charge on any atom is 0.193 e. The van der Waals surface area contributed by atoms with Crippen LogP contribution in [0.25, 0.3) is 0 Å². The summed E-state index contributed by atoms with van der Waals surface area (Å²) in [5.74, 6) is 1.86. The van der Waals surface area contributed by atoms with Gasteiger partial charge in [0.15, 0.2) is 5.96 Å². The van der Waals surface area contributed by atoms with E-state index < -0.39 is 0 Å². The Morgan fingerprint density at radius 3 is 2.88 bits per heavy atom. The van der Waals surface area contributed by atoms with Crippen LogP contribution in [0.5, 0.6) is 0 Å².